The molecule has 2 fully saturated rings. The highest BCUT2D eigenvalue weighted by molar-refractivity contribution is 8.00. The largest absolute Gasteiger partial charge is 0.330 e. The van der Waals surface area contributed by atoms with E-state index >= 15 is 0 Å². The van der Waals surface area contributed by atoms with Crippen LogP contribution in [0.1, 0.15) is 32.6 Å². The van der Waals surface area contributed by atoms with E-state index < -0.39 is 17.9 Å². The summed E-state index contributed by atoms with van der Waals surface area (Å²) in [7, 11) is 0. The highest BCUT2D eigenvalue weighted by Gasteiger charge is 2.40. The van der Waals surface area contributed by atoms with E-state index in [-0.39, 0.29) is 5.91 Å². The zero-order chi connectivity index (χ0) is 13.1. The van der Waals surface area contributed by atoms with Crippen molar-refractivity contribution >= 4 is 29.6 Å². The highest BCUT2D eigenvalue weighted by Crippen LogP contribution is 2.28. The molecule has 100 valence electrons. The smallest absolute Gasteiger partial charge is 0.277 e. The van der Waals surface area contributed by atoms with Crippen molar-refractivity contribution in [3.8, 4) is 0 Å². The predicted molar refractivity (Wildman–Crippen MR) is 69.1 cm³/mol. The SMILES string of the molecule is CCCC1C(=O)NC(=O)N(CC2CCCS2)C1=O. The normalized spacial score (nSPS) is 28.7. The van der Waals surface area contributed by atoms with E-state index in [2.05, 4.69) is 5.32 Å². The molecule has 0 radical (unpaired) electrons. The van der Waals surface area contributed by atoms with Crippen LogP contribution in [0.25, 0.3) is 0 Å². The lowest BCUT2D eigenvalue weighted by atomic mass is 9.99. The lowest BCUT2D eigenvalue weighted by molar-refractivity contribution is -0.142. The molecule has 4 amide bonds. The lowest BCUT2D eigenvalue weighted by Gasteiger charge is -2.31. The van der Waals surface area contributed by atoms with Crippen molar-refractivity contribution in [2.75, 3.05) is 12.3 Å². The summed E-state index contributed by atoms with van der Waals surface area (Å²) in [6.07, 6.45) is 3.43. The molecule has 2 unspecified atom stereocenters. The van der Waals surface area contributed by atoms with Crippen molar-refractivity contribution < 1.29 is 14.4 Å². The van der Waals surface area contributed by atoms with E-state index in [9.17, 15) is 14.4 Å². The second-order valence-electron chi connectivity index (χ2n) is 4.72. The van der Waals surface area contributed by atoms with Crippen molar-refractivity contribution in [1.82, 2.24) is 10.2 Å². The summed E-state index contributed by atoms with van der Waals surface area (Å²) in [5.74, 6) is -0.356. The fourth-order valence-corrected chi connectivity index (χ4v) is 3.62. The third-order valence-corrected chi connectivity index (χ3v) is 4.72. The fraction of sp³-hybridized carbons (Fsp3) is 0.750. The molecule has 0 spiro atoms. The zero-order valence-electron chi connectivity index (χ0n) is 10.5. The van der Waals surface area contributed by atoms with Gasteiger partial charge in [-0.1, -0.05) is 13.3 Å². The number of barbiturate groups is 1. The number of hydrogen-bond donors (Lipinski definition) is 1. The molecule has 1 N–H and O–H groups in total. The van der Waals surface area contributed by atoms with Gasteiger partial charge in [-0.05, 0) is 25.0 Å². The topological polar surface area (TPSA) is 66.5 Å². The Kier molecular flexibility index (Phi) is 4.27. The van der Waals surface area contributed by atoms with E-state index in [0.29, 0.717) is 18.2 Å². The van der Waals surface area contributed by atoms with Crippen molar-refractivity contribution in [2.24, 2.45) is 5.92 Å². The van der Waals surface area contributed by atoms with Crippen LogP contribution in [0.4, 0.5) is 4.79 Å². The first-order valence-corrected chi connectivity index (χ1v) is 7.46. The third-order valence-electron chi connectivity index (χ3n) is 3.34. The molecule has 0 bridgehead atoms. The second-order valence-corrected chi connectivity index (χ2v) is 6.13. The van der Waals surface area contributed by atoms with Gasteiger partial charge in [0.1, 0.15) is 5.92 Å². The molecule has 0 aliphatic carbocycles. The number of amides is 4. The summed E-state index contributed by atoms with van der Waals surface area (Å²) < 4.78 is 0. The molecule has 2 aliphatic heterocycles. The van der Waals surface area contributed by atoms with Gasteiger partial charge >= 0.3 is 6.03 Å². The van der Waals surface area contributed by atoms with Crippen LogP contribution >= 0.6 is 11.8 Å². The minimum atomic E-state index is -0.681. The van der Waals surface area contributed by atoms with Crippen LogP contribution in [-0.4, -0.2) is 40.3 Å². The molecule has 0 saturated carbocycles. The molecule has 5 nitrogen and oxygen atoms in total. The predicted octanol–water partition coefficient (Wildman–Crippen LogP) is 1.38. The number of nitrogens with zero attached hydrogens (tertiary/aromatic N) is 1. The van der Waals surface area contributed by atoms with Crippen LogP contribution in [0.15, 0.2) is 0 Å². The van der Waals surface area contributed by atoms with Crippen LogP contribution in [-0.2, 0) is 9.59 Å². The lowest BCUT2D eigenvalue weighted by Crippen LogP contribution is -2.59. The molecular formula is C12H18N2O3S. The van der Waals surface area contributed by atoms with Crippen molar-refractivity contribution in [1.29, 1.82) is 0 Å². The Morgan fingerprint density at radius 2 is 2.17 bits per heavy atom. The Labute approximate surface area is 111 Å². The monoisotopic (exact) mass is 270 g/mol. The van der Waals surface area contributed by atoms with Gasteiger partial charge in [-0.3, -0.25) is 19.8 Å². The van der Waals surface area contributed by atoms with Crippen LogP contribution in [0, 0.1) is 5.92 Å². The van der Waals surface area contributed by atoms with Gasteiger partial charge in [-0.25, -0.2) is 4.79 Å². The average molecular weight is 270 g/mol. The molecule has 0 aromatic rings. The van der Waals surface area contributed by atoms with Crippen LogP contribution < -0.4 is 5.32 Å². The van der Waals surface area contributed by atoms with E-state index in [4.69, 9.17) is 0 Å². The molecule has 0 aromatic carbocycles. The van der Waals surface area contributed by atoms with E-state index in [1.54, 1.807) is 11.8 Å². The number of rotatable bonds is 4. The van der Waals surface area contributed by atoms with E-state index in [1.165, 1.54) is 4.90 Å². The first-order chi connectivity index (χ1) is 8.63. The van der Waals surface area contributed by atoms with Gasteiger partial charge in [0.15, 0.2) is 0 Å². The summed E-state index contributed by atoms with van der Waals surface area (Å²) in [5.41, 5.74) is 0. The number of carbonyl (C=O) groups excluding carboxylic acids is 3. The zero-order valence-corrected chi connectivity index (χ0v) is 11.3. The number of urea groups is 1. The maximum absolute atomic E-state index is 12.2. The minimum absolute atomic E-state index is 0.321. The third kappa shape index (κ3) is 2.68. The van der Waals surface area contributed by atoms with Gasteiger partial charge in [-0.15, -0.1) is 0 Å². The Morgan fingerprint density at radius 3 is 2.78 bits per heavy atom. The number of hydrogen-bond acceptors (Lipinski definition) is 4. The molecule has 2 atom stereocenters. The number of imide groups is 2. The molecular weight excluding hydrogens is 252 g/mol. The Morgan fingerprint density at radius 1 is 1.39 bits per heavy atom. The van der Waals surface area contributed by atoms with Gasteiger partial charge in [-0.2, -0.15) is 11.8 Å². The number of carbonyl (C=O) groups is 3. The maximum atomic E-state index is 12.2. The minimum Gasteiger partial charge on any atom is -0.277 e. The van der Waals surface area contributed by atoms with Gasteiger partial charge in [0.05, 0.1) is 0 Å². The van der Waals surface area contributed by atoms with E-state index in [1.807, 2.05) is 6.92 Å². The first kappa shape index (κ1) is 13.4. The van der Waals surface area contributed by atoms with Crippen LogP contribution in [0.3, 0.4) is 0 Å². The highest BCUT2D eigenvalue weighted by atomic mass is 32.2. The Hall–Kier alpha value is -1.04. The molecule has 2 heterocycles. The van der Waals surface area contributed by atoms with Gasteiger partial charge < -0.3 is 0 Å². The molecule has 2 aliphatic rings. The van der Waals surface area contributed by atoms with Crippen LogP contribution in [0.2, 0.25) is 0 Å². The maximum Gasteiger partial charge on any atom is 0.330 e. The Balaban J connectivity index is 2.05. The first-order valence-electron chi connectivity index (χ1n) is 6.41. The standard InChI is InChI=1S/C12H18N2O3S/c1-2-4-9-10(15)13-12(17)14(11(9)16)7-8-5-3-6-18-8/h8-9H,2-7H2,1H3,(H,13,15,17). The molecule has 2 rings (SSSR count). The van der Waals surface area contributed by atoms with Gasteiger partial charge in [0.2, 0.25) is 11.8 Å². The molecule has 0 aromatic heterocycles. The van der Waals surface area contributed by atoms with Gasteiger partial charge in [0.25, 0.3) is 0 Å². The van der Waals surface area contributed by atoms with Crippen molar-refractivity contribution in [3.05, 3.63) is 0 Å². The van der Waals surface area contributed by atoms with Gasteiger partial charge in [0, 0.05) is 11.8 Å². The Bertz CT molecular complexity index is 366. The quantitative estimate of drug-likeness (QED) is 0.784. The summed E-state index contributed by atoms with van der Waals surface area (Å²) in [6, 6.07) is -0.551. The van der Waals surface area contributed by atoms with Crippen molar-refractivity contribution in [2.45, 2.75) is 37.9 Å². The number of nitrogens with one attached hydrogen (secondary N) is 1. The molecule has 6 heteroatoms. The molecule has 18 heavy (non-hydrogen) atoms. The van der Waals surface area contributed by atoms with Crippen LogP contribution in [0.5, 0.6) is 0 Å². The van der Waals surface area contributed by atoms with E-state index in [0.717, 1.165) is 25.0 Å². The average Bonchev–Trinajstić information content (AvgIpc) is 2.83. The summed E-state index contributed by atoms with van der Waals surface area (Å²) in [5, 5.41) is 2.62. The summed E-state index contributed by atoms with van der Waals surface area (Å²) >= 11 is 1.80. The number of thioether (sulfide) groups is 1. The molecule has 2 saturated heterocycles. The fourth-order valence-electron chi connectivity index (χ4n) is 2.37. The summed E-state index contributed by atoms with van der Waals surface area (Å²) in [4.78, 5) is 36.7. The summed E-state index contributed by atoms with van der Waals surface area (Å²) in [6.45, 7) is 2.36. The van der Waals surface area contributed by atoms with Crippen molar-refractivity contribution in [3.63, 3.8) is 0 Å². The second kappa shape index (κ2) is 5.73.